The zero-order valence-electron chi connectivity index (χ0n) is 20.1. The Kier molecular flexibility index (Phi) is 7.15. The van der Waals surface area contributed by atoms with E-state index in [0.29, 0.717) is 17.0 Å². The molecule has 6 nitrogen and oxygen atoms in total. The Bertz CT molecular complexity index is 1210. The van der Waals surface area contributed by atoms with Crippen LogP contribution in [0.5, 0.6) is 0 Å². The largest absolute Gasteiger partial charge is 0.392 e. The van der Waals surface area contributed by atoms with Gasteiger partial charge in [0.05, 0.1) is 17.7 Å². The van der Waals surface area contributed by atoms with Gasteiger partial charge in [-0.15, -0.1) is 0 Å². The summed E-state index contributed by atoms with van der Waals surface area (Å²) in [7, 11) is 0. The molecule has 0 saturated carbocycles. The predicted molar refractivity (Wildman–Crippen MR) is 140 cm³/mol. The zero-order valence-corrected chi connectivity index (χ0v) is 20.8. The van der Waals surface area contributed by atoms with Crippen molar-refractivity contribution in [2.45, 2.75) is 44.9 Å². The van der Waals surface area contributed by atoms with Crippen molar-refractivity contribution in [2.24, 2.45) is 0 Å². The number of halogens is 1. The molecule has 2 amide bonds. The van der Waals surface area contributed by atoms with E-state index >= 15 is 0 Å². The van der Waals surface area contributed by atoms with Crippen LogP contribution in [0.4, 0.5) is 11.4 Å². The van der Waals surface area contributed by atoms with Crippen molar-refractivity contribution in [1.29, 1.82) is 0 Å². The van der Waals surface area contributed by atoms with Crippen LogP contribution in [0.1, 0.15) is 54.7 Å². The molecule has 0 aliphatic carbocycles. The molecule has 0 fully saturated rings. The van der Waals surface area contributed by atoms with Crippen LogP contribution in [0.3, 0.4) is 0 Å². The van der Waals surface area contributed by atoms with Crippen molar-refractivity contribution in [3.05, 3.63) is 94.5 Å². The molecule has 3 aromatic carbocycles. The number of aliphatic hydroxyl groups excluding tert-OH is 1. The van der Waals surface area contributed by atoms with Gasteiger partial charge in [0, 0.05) is 35.4 Å². The predicted octanol–water partition coefficient (Wildman–Crippen LogP) is 5.28. The summed E-state index contributed by atoms with van der Waals surface area (Å²) in [4.78, 5) is 27.3. The molecule has 3 aromatic rings. The highest BCUT2D eigenvalue weighted by molar-refractivity contribution is 6.30. The zero-order chi connectivity index (χ0) is 25.2. The SMILES string of the molecule is CC(=O)N1c2ccccc2[C@H](Nc2ccc(Cl)cc2)C[C@@]1(C)c1ccc(C(=O)NC[C@@H](C)O)cc1. The summed E-state index contributed by atoms with van der Waals surface area (Å²) in [6.45, 7) is 5.45. The maximum atomic E-state index is 13.0. The highest BCUT2D eigenvalue weighted by Gasteiger charge is 2.44. The van der Waals surface area contributed by atoms with Gasteiger partial charge in [-0.05, 0) is 73.9 Å². The molecular weight excluding hydrogens is 462 g/mol. The van der Waals surface area contributed by atoms with Crippen LogP contribution in [0, 0.1) is 0 Å². The molecule has 4 rings (SSSR count). The van der Waals surface area contributed by atoms with Gasteiger partial charge in [-0.2, -0.15) is 0 Å². The van der Waals surface area contributed by atoms with E-state index in [9.17, 15) is 14.7 Å². The van der Waals surface area contributed by atoms with Gasteiger partial charge >= 0.3 is 0 Å². The first kappa shape index (κ1) is 24.8. The molecule has 35 heavy (non-hydrogen) atoms. The van der Waals surface area contributed by atoms with Gasteiger partial charge in [0.1, 0.15) is 0 Å². The standard InChI is InChI=1S/C28H30ClN3O3/c1-18(33)17-30-27(35)20-8-10-21(11-9-20)28(3)16-25(31-23-14-12-22(29)13-15-23)24-6-4-5-7-26(24)32(28)19(2)34/h4-15,18,25,31,33H,16-17H2,1-3H3,(H,30,35)/t18-,25-,28+/m1/s1. The number of nitrogens with zero attached hydrogens (tertiary/aromatic N) is 1. The lowest BCUT2D eigenvalue weighted by molar-refractivity contribution is -0.118. The Labute approximate surface area is 210 Å². The number of hydrogen-bond donors (Lipinski definition) is 3. The van der Waals surface area contributed by atoms with Crippen LogP contribution in [0.15, 0.2) is 72.8 Å². The molecule has 0 unspecified atom stereocenters. The molecular formula is C28H30ClN3O3. The van der Waals surface area contributed by atoms with Crippen molar-refractivity contribution in [2.75, 3.05) is 16.8 Å². The highest BCUT2D eigenvalue weighted by Crippen LogP contribution is 2.48. The molecule has 0 aromatic heterocycles. The third kappa shape index (κ3) is 5.19. The van der Waals surface area contributed by atoms with E-state index in [1.165, 1.54) is 0 Å². The van der Waals surface area contributed by atoms with E-state index in [1.807, 2.05) is 65.6 Å². The number of benzene rings is 3. The van der Waals surface area contributed by atoms with E-state index < -0.39 is 11.6 Å². The maximum Gasteiger partial charge on any atom is 0.251 e. The number of fused-ring (bicyclic) bond motifs is 1. The average Bonchev–Trinajstić information content (AvgIpc) is 2.83. The van der Waals surface area contributed by atoms with Gasteiger partial charge in [0.25, 0.3) is 5.91 Å². The van der Waals surface area contributed by atoms with Crippen LogP contribution < -0.4 is 15.5 Å². The topological polar surface area (TPSA) is 81.7 Å². The lowest BCUT2D eigenvalue weighted by Crippen LogP contribution is -2.51. The van der Waals surface area contributed by atoms with Crippen LogP contribution in [0.2, 0.25) is 5.02 Å². The van der Waals surface area contributed by atoms with E-state index in [1.54, 1.807) is 26.0 Å². The number of hydrogen-bond acceptors (Lipinski definition) is 4. The molecule has 3 atom stereocenters. The van der Waals surface area contributed by atoms with Gasteiger partial charge in [0.15, 0.2) is 0 Å². The van der Waals surface area contributed by atoms with Crippen LogP contribution >= 0.6 is 11.6 Å². The first-order valence-corrected chi connectivity index (χ1v) is 12.1. The maximum absolute atomic E-state index is 13.0. The minimum atomic E-state index is -0.654. The Morgan fingerprint density at radius 2 is 1.74 bits per heavy atom. The highest BCUT2D eigenvalue weighted by atomic mass is 35.5. The van der Waals surface area contributed by atoms with Crippen molar-refractivity contribution >= 4 is 34.8 Å². The summed E-state index contributed by atoms with van der Waals surface area (Å²) in [6, 6.07) is 22.8. The molecule has 7 heteroatoms. The van der Waals surface area contributed by atoms with Crippen LogP contribution in [-0.2, 0) is 10.3 Å². The van der Waals surface area contributed by atoms with Crippen LogP contribution in [-0.4, -0.2) is 29.6 Å². The number of nitrogens with one attached hydrogen (secondary N) is 2. The molecule has 1 aliphatic heterocycles. The Morgan fingerprint density at radius 1 is 1.09 bits per heavy atom. The normalized spacial score (nSPS) is 20.0. The van der Waals surface area contributed by atoms with E-state index in [2.05, 4.69) is 17.6 Å². The number of rotatable bonds is 6. The summed E-state index contributed by atoms with van der Waals surface area (Å²) >= 11 is 6.07. The molecule has 1 aliphatic rings. The van der Waals surface area contributed by atoms with Crippen LogP contribution in [0.25, 0.3) is 0 Å². The van der Waals surface area contributed by atoms with Crippen molar-refractivity contribution in [3.63, 3.8) is 0 Å². The van der Waals surface area contributed by atoms with E-state index in [4.69, 9.17) is 11.6 Å². The summed E-state index contributed by atoms with van der Waals surface area (Å²) in [5, 5.41) is 16.4. The first-order chi connectivity index (χ1) is 16.7. The minimum Gasteiger partial charge on any atom is -0.392 e. The van der Waals surface area contributed by atoms with Crippen molar-refractivity contribution in [1.82, 2.24) is 5.32 Å². The molecule has 0 spiro atoms. The van der Waals surface area contributed by atoms with Crippen molar-refractivity contribution < 1.29 is 14.7 Å². The lowest BCUT2D eigenvalue weighted by atomic mass is 9.77. The summed E-state index contributed by atoms with van der Waals surface area (Å²) in [6.07, 6.45) is 0.00779. The first-order valence-electron chi connectivity index (χ1n) is 11.7. The summed E-state index contributed by atoms with van der Waals surface area (Å²) in [5.74, 6) is -0.300. The second-order valence-electron chi connectivity index (χ2n) is 9.23. The fraction of sp³-hybridized carbons (Fsp3) is 0.286. The molecule has 0 radical (unpaired) electrons. The fourth-order valence-corrected chi connectivity index (χ4v) is 4.94. The van der Waals surface area contributed by atoms with Crippen molar-refractivity contribution in [3.8, 4) is 0 Å². The van der Waals surface area contributed by atoms with E-state index in [-0.39, 0.29) is 24.4 Å². The average molecular weight is 492 g/mol. The number of carbonyl (C=O) groups is 2. The second kappa shape index (κ2) is 10.1. The Morgan fingerprint density at radius 3 is 2.37 bits per heavy atom. The third-order valence-electron chi connectivity index (χ3n) is 6.48. The van der Waals surface area contributed by atoms with Gasteiger partial charge < -0.3 is 20.6 Å². The summed E-state index contributed by atoms with van der Waals surface area (Å²) in [5.41, 5.74) is 3.62. The smallest absolute Gasteiger partial charge is 0.251 e. The summed E-state index contributed by atoms with van der Waals surface area (Å²) < 4.78 is 0. The minimum absolute atomic E-state index is 0.0522. The molecule has 0 bridgehead atoms. The lowest BCUT2D eigenvalue weighted by Gasteiger charge is -2.49. The van der Waals surface area contributed by atoms with Gasteiger partial charge in [-0.25, -0.2) is 0 Å². The number of amides is 2. The molecule has 182 valence electrons. The Balaban J connectivity index is 1.71. The van der Waals surface area contributed by atoms with Gasteiger partial charge in [-0.1, -0.05) is 41.9 Å². The molecule has 3 N–H and O–H groups in total. The fourth-order valence-electron chi connectivity index (χ4n) is 4.81. The number of para-hydroxylation sites is 1. The third-order valence-corrected chi connectivity index (χ3v) is 6.73. The molecule has 0 saturated heterocycles. The monoisotopic (exact) mass is 491 g/mol. The Hall–Kier alpha value is -3.35. The number of carbonyl (C=O) groups excluding carboxylic acids is 2. The van der Waals surface area contributed by atoms with E-state index in [0.717, 1.165) is 22.5 Å². The number of aliphatic hydroxyl groups is 1. The van der Waals surface area contributed by atoms with Gasteiger partial charge in [0.2, 0.25) is 5.91 Å². The quantitative estimate of drug-likeness (QED) is 0.438. The molecule has 1 heterocycles. The number of anilines is 2. The second-order valence-corrected chi connectivity index (χ2v) is 9.67. The van der Waals surface area contributed by atoms with Gasteiger partial charge in [-0.3, -0.25) is 9.59 Å².